The summed E-state index contributed by atoms with van der Waals surface area (Å²) in [5.41, 5.74) is 8.15. The summed E-state index contributed by atoms with van der Waals surface area (Å²) in [6.07, 6.45) is 5.93. The van der Waals surface area contributed by atoms with Gasteiger partial charge in [-0.05, 0) is 30.5 Å². The molecular weight excluding hydrogens is 170 g/mol. The Labute approximate surface area is 85.9 Å². The molecule has 1 heteroatoms. The molecule has 74 valence electrons. The zero-order chi connectivity index (χ0) is 10.2. The quantitative estimate of drug-likeness (QED) is 0.704. The largest absolute Gasteiger partial charge is 0.330 e. The molecule has 14 heavy (non-hydrogen) atoms. The first-order valence-corrected chi connectivity index (χ1v) is 4.94. The third-order valence-electron chi connectivity index (χ3n) is 2.09. The van der Waals surface area contributed by atoms with Crippen molar-refractivity contribution in [3.63, 3.8) is 0 Å². The van der Waals surface area contributed by atoms with Crippen molar-refractivity contribution in [1.82, 2.24) is 0 Å². The maximum atomic E-state index is 5.57. The fourth-order valence-corrected chi connectivity index (χ4v) is 1.40. The lowest BCUT2D eigenvalue weighted by molar-refractivity contribution is 1.02. The molecule has 0 aliphatic carbocycles. The summed E-state index contributed by atoms with van der Waals surface area (Å²) in [6, 6.07) is 10.4. The normalized spacial score (nSPS) is 11.4. The Morgan fingerprint density at radius 1 is 1.29 bits per heavy atom. The van der Waals surface area contributed by atoms with E-state index in [1.807, 2.05) is 24.3 Å². The van der Waals surface area contributed by atoms with E-state index in [0.29, 0.717) is 6.54 Å². The highest BCUT2D eigenvalue weighted by Crippen LogP contribution is 2.17. The molecule has 0 radical (unpaired) electrons. The molecule has 0 saturated carbocycles. The van der Waals surface area contributed by atoms with Crippen molar-refractivity contribution in [3.05, 3.63) is 54.6 Å². The molecule has 2 N–H and O–H groups in total. The minimum Gasteiger partial charge on any atom is -0.330 e. The van der Waals surface area contributed by atoms with E-state index in [4.69, 9.17) is 5.73 Å². The van der Waals surface area contributed by atoms with Gasteiger partial charge in [0, 0.05) is 0 Å². The lowest BCUT2D eigenvalue weighted by Crippen LogP contribution is -1.99. The topological polar surface area (TPSA) is 26.0 Å². The predicted octanol–water partition coefficient (Wildman–Crippen LogP) is 2.99. The van der Waals surface area contributed by atoms with Crippen LogP contribution in [0.25, 0.3) is 5.57 Å². The van der Waals surface area contributed by atoms with Gasteiger partial charge >= 0.3 is 0 Å². The van der Waals surface area contributed by atoms with E-state index < -0.39 is 0 Å². The van der Waals surface area contributed by atoms with Gasteiger partial charge in [0.25, 0.3) is 0 Å². The van der Waals surface area contributed by atoms with Crippen LogP contribution in [0.5, 0.6) is 0 Å². The highest BCUT2D eigenvalue weighted by molar-refractivity contribution is 5.65. The van der Waals surface area contributed by atoms with Gasteiger partial charge in [-0.3, -0.25) is 0 Å². The van der Waals surface area contributed by atoms with Crippen molar-refractivity contribution in [1.29, 1.82) is 0 Å². The molecule has 1 aromatic carbocycles. The summed E-state index contributed by atoms with van der Waals surface area (Å²) in [4.78, 5) is 0. The van der Waals surface area contributed by atoms with Gasteiger partial charge in [0.05, 0.1) is 0 Å². The highest BCUT2D eigenvalue weighted by atomic mass is 14.5. The fourth-order valence-electron chi connectivity index (χ4n) is 1.40. The molecule has 0 fully saturated rings. The van der Waals surface area contributed by atoms with Gasteiger partial charge < -0.3 is 5.73 Å². The molecule has 0 atom stereocenters. The SMILES string of the molecule is C=CCC=C(CCN)c1ccccc1. The van der Waals surface area contributed by atoms with Crippen LogP contribution in [0.3, 0.4) is 0 Å². The molecule has 1 rings (SSSR count). The van der Waals surface area contributed by atoms with Crippen LogP contribution in [-0.4, -0.2) is 6.54 Å². The number of hydrogen-bond donors (Lipinski definition) is 1. The van der Waals surface area contributed by atoms with Gasteiger partial charge in [-0.15, -0.1) is 6.58 Å². The molecule has 0 aliphatic rings. The van der Waals surface area contributed by atoms with Crippen LogP contribution >= 0.6 is 0 Å². The van der Waals surface area contributed by atoms with Gasteiger partial charge in [-0.25, -0.2) is 0 Å². The van der Waals surface area contributed by atoms with Crippen LogP contribution < -0.4 is 5.73 Å². The van der Waals surface area contributed by atoms with Gasteiger partial charge in [0.1, 0.15) is 0 Å². The van der Waals surface area contributed by atoms with E-state index in [9.17, 15) is 0 Å². The van der Waals surface area contributed by atoms with Crippen molar-refractivity contribution >= 4 is 5.57 Å². The number of benzene rings is 1. The smallest absolute Gasteiger partial charge is 0.00366 e. The summed E-state index contributed by atoms with van der Waals surface area (Å²) >= 11 is 0. The van der Waals surface area contributed by atoms with Crippen LogP contribution in [0.4, 0.5) is 0 Å². The van der Waals surface area contributed by atoms with Crippen molar-refractivity contribution in [2.24, 2.45) is 5.73 Å². The molecule has 0 saturated heterocycles. The molecule has 0 heterocycles. The maximum absolute atomic E-state index is 5.57. The minimum absolute atomic E-state index is 0.692. The van der Waals surface area contributed by atoms with Crippen molar-refractivity contribution < 1.29 is 0 Å². The van der Waals surface area contributed by atoms with Crippen LogP contribution in [0.1, 0.15) is 18.4 Å². The van der Waals surface area contributed by atoms with E-state index in [1.54, 1.807) is 0 Å². The third-order valence-corrected chi connectivity index (χ3v) is 2.09. The van der Waals surface area contributed by atoms with Crippen LogP contribution in [-0.2, 0) is 0 Å². The Morgan fingerprint density at radius 2 is 2.00 bits per heavy atom. The predicted molar refractivity (Wildman–Crippen MR) is 62.9 cm³/mol. The van der Waals surface area contributed by atoms with Crippen LogP contribution in [0.2, 0.25) is 0 Å². The van der Waals surface area contributed by atoms with E-state index in [0.717, 1.165) is 12.8 Å². The van der Waals surface area contributed by atoms with Crippen molar-refractivity contribution in [2.75, 3.05) is 6.54 Å². The summed E-state index contributed by atoms with van der Waals surface area (Å²) in [7, 11) is 0. The zero-order valence-electron chi connectivity index (χ0n) is 8.45. The summed E-state index contributed by atoms with van der Waals surface area (Å²) in [5, 5.41) is 0. The highest BCUT2D eigenvalue weighted by Gasteiger charge is 1.98. The first kappa shape index (κ1) is 10.7. The van der Waals surface area contributed by atoms with Crippen molar-refractivity contribution in [2.45, 2.75) is 12.8 Å². The molecule has 0 aliphatic heterocycles. The summed E-state index contributed by atoms with van der Waals surface area (Å²) in [6.45, 7) is 4.40. The van der Waals surface area contributed by atoms with Gasteiger partial charge in [-0.1, -0.05) is 42.5 Å². The number of allylic oxidation sites excluding steroid dienone is 2. The summed E-state index contributed by atoms with van der Waals surface area (Å²) in [5.74, 6) is 0. The average molecular weight is 187 g/mol. The Kier molecular flexibility index (Phi) is 4.73. The molecule has 1 aromatic rings. The second kappa shape index (κ2) is 6.17. The van der Waals surface area contributed by atoms with E-state index in [-0.39, 0.29) is 0 Å². The average Bonchev–Trinajstić information content (AvgIpc) is 2.25. The molecule has 0 amide bonds. The number of nitrogens with two attached hydrogens (primary N) is 1. The van der Waals surface area contributed by atoms with Gasteiger partial charge in [0.15, 0.2) is 0 Å². The number of rotatable bonds is 5. The van der Waals surface area contributed by atoms with E-state index >= 15 is 0 Å². The monoisotopic (exact) mass is 187 g/mol. The standard InChI is InChI=1S/C13H17N/c1-2-3-7-13(10-11-14)12-8-5-4-6-9-12/h2,4-9H,1,3,10-11,14H2. The third kappa shape index (κ3) is 3.19. The summed E-state index contributed by atoms with van der Waals surface area (Å²) < 4.78 is 0. The Bertz CT molecular complexity index is 298. The number of hydrogen-bond acceptors (Lipinski definition) is 1. The Balaban J connectivity index is 2.82. The van der Waals surface area contributed by atoms with Gasteiger partial charge in [-0.2, -0.15) is 0 Å². The molecule has 0 spiro atoms. The first-order chi connectivity index (χ1) is 6.88. The van der Waals surface area contributed by atoms with E-state index in [1.165, 1.54) is 11.1 Å². The van der Waals surface area contributed by atoms with E-state index in [2.05, 4.69) is 24.8 Å². The molecule has 0 bridgehead atoms. The Hall–Kier alpha value is -1.34. The lowest BCUT2D eigenvalue weighted by atomic mass is 10.0. The maximum Gasteiger partial charge on any atom is -0.00366 e. The molecular formula is C13H17N. The fraction of sp³-hybridized carbons (Fsp3) is 0.231. The zero-order valence-corrected chi connectivity index (χ0v) is 8.45. The Morgan fingerprint density at radius 3 is 2.57 bits per heavy atom. The second-order valence-corrected chi connectivity index (χ2v) is 3.16. The minimum atomic E-state index is 0.692. The first-order valence-electron chi connectivity index (χ1n) is 4.94. The lowest BCUT2D eigenvalue weighted by Gasteiger charge is -2.05. The molecule has 0 aromatic heterocycles. The van der Waals surface area contributed by atoms with Crippen molar-refractivity contribution in [3.8, 4) is 0 Å². The molecule has 0 unspecified atom stereocenters. The van der Waals surface area contributed by atoms with Gasteiger partial charge in [0.2, 0.25) is 0 Å². The second-order valence-electron chi connectivity index (χ2n) is 3.16. The van der Waals surface area contributed by atoms with Crippen LogP contribution in [0, 0.1) is 0 Å². The molecule has 1 nitrogen and oxygen atoms in total. The van der Waals surface area contributed by atoms with Crippen LogP contribution in [0.15, 0.2) is 49.1 Å².